The van der Waals surface area contributed by atoms with Gasteiger partial charge in [0.15, 0.2) is 0 Å². The molecule has 0 atom stereocenters. The molecule has 0 aliphatic heterocycles. The molecule has 0 unspecified atom stereocenters. The summed E-state index contributed by atoms with van der Waals surface area (Å²) in [5.74, 6) is 0.960. The molecule has 0 bridgehead atoms. The van der Waals surface area contributed by atoms with E-state index in [-0.39, 0.29) is 10.5 Å². The van der Waals surface area contributed by atoms with Crippen LogP contribution in [0.4, 0.5) is 4.70 Å². The van der Waals surface area contributed by atoms with Crippen LogP contribution in [0.1, 0.15) is 24.2 Å². The third-order valence-corrected chi connectivity index (χ3v) is 1.49. The fourth-order valence-electron chi connectivity index (χ4n) is 0.878. The molecule has 0 saturated heterocycles. The van der Waals surface area contributed by atoms with Crippen LogP contribution in [0.3, 0.4) is 0 Å². The van der Waals surface area contributed by atoms with E-state index in [9.17, 15) is 4.79 Å². The molecule has 1 aromatic carbocycles. The molecule has 1 rings (SSSR count). The molecule has 0 aromatic heterocycles. The zero-order valence-corrected chi connectivity index (χ0v) is 8.99. The van der Waals surface area contributed by atoms with Crippen LogP contribution in [0, 0.1) is 5.92 Å². The second-order valence-corrected chi connectivity index (χ2v) is 2.70. The first kappa shape index (κ1) is 15.5. The number of benzene rings is 1. The number of carbonyl (C=O) groups is 1. The number of ketones is 1. The second-order valence-electron chi connectivity index (χ2n) is 2.70. The van der Waals surface area contributed by atoms with Gasteiger partial charge < -0.3 is 4.79 Å². The molecule has 81 valence electrons. The standard InChI is InChI=1S/C10H11O.Co.FH.O/c1-8(2)10(11)9-6-4-3-5-7-9;;;/h3-7H,1-2H3;;1H;/q-1;;;. The fourth-order valence-corrected chi connectivity index (χ4v) is 0.878. The van der Waals surface area contributed by atoms with Crippen molar-refractivity contribution in [1.29, 1.82) is 0 Å². The monoisotopic (exact) mass is 242 g/mol. The van der Waals surface area contributed by atoms with Gasteiger partial charge in [0.1, 0.15) is 0 Å². The van der Waals surface area contributed by atoms with E-state index < -0.39 is 0 Å². The Hall–Kier alpha value is -1.00. The zero-order chi connectivity index (χ0) is 10.3. The van der Waals surface area contributed by atoms with Gasteiger partial charge in [-0.2, -0.15) is 5.92 Å². The maximum absolute atomic E-state index is 11.3. The Morgan fingerprint density at radius 1 is 1.14 bits per heavy atom. The van der Waals surface area contributed by atoms with Crippen molar-refractivity contribution in [3.8, 4) is 0 Å². The van der Waals surface area contributed by atoms with Crippen molar-refractivity contribution in [2.45, 2.75) is 13.8 Å². The molecule has 0 radical (unpaired) electrons. The van der Waals surface area contributed by atoms with Crippen LogP contribution >= 0.6 is 0 Å². The van der Waals surface area contributed by atoms with Gasteiger partial charge in [-0.05, 0) is 0 Å². The molecule has 0 aliphatic rings. The minimum atomic E-state index is 0. The van der Waals surface area contributed by atoms with Crippen molar-refractivity contribution >= 4 is 5.78 Å². The third-order valence-electron chi connectivity index (χ3n) is 1.49. The van der Waals surface area contributed by atoms with Gasteiger partial charge in [0, 0.05) is 5.78 Å². The SMILES string of the molecule is C[C-](C)C(=O)c1ccccc1.F.[O]=[Co]. The quantitative estimate of drug-likeness (QED) is 0.589. The van der Waals surface area contributed by atoms with Gasteiger partial charge in [0.25, 0.3) is 0 Å². The van der Waals surface area contributed by atoms with Crippen LogP contribution in [0.5, 0.6) is 0 Å². The van der Waals surface area contributed by atoms with E-state index in [4.69, 9.17) is 3.87 Å². The van der Waals surface area contributed by atoms with Crippen molar-refractivity contribution < 1.29 is 29.0 Å². The Labute approximate surface area is 90.9 Å². The van der Waals surface area contributed by atoms with Gasteiger partial charge in [-0.15, -0.1) is 31.5 Å². The summed E-state index contributed by atoms with van der Waals surface area (Å²) in [5.41, 5.74) is 0.771. The number of Topliss-reactive ketones (excluding diaryl/α,β-unsaturated/α-hetero) is 1. The molecule has 1 aromatic rings. The molecule has 0 aliphatic carbocycles. The van der Waals surface area contributed by atoms with Crippen molar-refractivity contribution in [2.75, 3.05) is 0 Å². The summed E-state index contributed by atoms with van der Waals surface area (Å²) >= 11 is 2.31. The van der Waals surface area contributed by atoms with Gasteiger partial charge in [-0.25, -0.2) is 0 Å². The summed E-state index contributed by atoms with van der Waals surface area (Å²) in [4.78, 5) is 11.3. The molecular weight excluding hydrogens is 230 g/mol. The molecule has 2 nitrogen and oxygen atoms in total. The average molecular weight is 242 g/mol. The number of hydrogen-bond acceptors (Lipinski definition) is 2. The summed E-state index contributed by atoms with van der Waals surface area (Å²) in [5, 5.41) is 0. The van der Waals surface area contributed by atoms with E-state index in [2.05, 4.69) is 15.7 Å². The summed E-state index contributed by atoms with van der Waals surface area (Å²) in [6.45, 7) is 3.66. The van der Waals surface area contributed by atoms with Crippen molar-refractivity contribution in [3.63, 3.8) is 0 Å². The van der Waals surface area contributed by atoms with E-state index in [1.807, 2.05) is 44.2 Å². The number of rotatable bonds is 2. The van der Waals surface area contributed by atoms with Gasteiger partial charge in [0.05, 0.1) is 0 Å². The molecule has 4 heteroatoms. The Bertz CT molecular complexity index is 262. The van der Waals surface area contributed by atoms with Gasteiger partial charge >= 0.3 is 19.5 Å². The molecule has 0 N–H and O–H groups in total. The van der Waals surface area contributed by atoms with Crippen LogP contribution in [-0.2, 0) is 19.5 Å². The van der Waals surface area contributed by atoms with Gasteiger partial charge in [-0.1, -0.05) is 18.2 Å². The van der Waals surface area contributed by atoms with Crippen molar-refractivity contribution in [2.24, 2.45) is 0 Å². The Morgan fingerprint density at radius 2 is 1.57 bits per heavy atom. The van der Waals surface area contributed by atoms with Crippen LogP contribution in [0.15, 0.2) is 30.3 Å². The first-order chi connectivity index (χ1) is 6.22. The molecule has 0 fully saturated rings. The van der Waals surface area contributed by atoms with E-state index in [1.54, 1.807) is 0 Å². The first-order valence-corrected chi connectivity index (χ1v) is 4.18. The van der Waals surface area contributed by atoms with Crippen LogP contribution in [0.2, 0.25) is 0 Å². The van der Waals surface area contributed by atoms with Crippen LogP contribution < -0.4 is 0 Å². The van der Waals surface area contributed by atoms with E-state index >= 15 is 0 Å². The first-order valence-electron chi connectivity index (χ1n) is 3.75. The van der Waals surface area contributed by atoms with E-state index in [0.29, 0.717) is 0 Å². The molecule has 0 heterocycles. The Morgan fingerprint density at radius 3 is 1.93 bits per heavy atom. The van der Waals surface area contributed by atoms with Crippen molar-refractivity contribution in [3.05, 3.63) is 41.8 Å². The number of hydrogen-bond donors (Lipinski definition) is 0. The summed E-state index contributed by atoms with van der Waals surface area (Å²) in [6, 6.07) is 9.30. The van der Waals surface area contributed by atoms with E-state index in [1.165, 1.54) is 0 Å². The molecule has 0 saturated carbocycles. The maximum atomic E-state index is 11.3. The van der Waals surface area contributed by atoms with Gasteiger partial charge in [0.2, 0.25) is 0 Å². The molecule has 0 amide bonds. The van der Waals surface area contributed by atoms with Crippen LogP contribution in [0.25, 0.3) is 0 Å². The Kier molecular flexibility index (Phi) is 9.49. The number of carbonyl (C=O) groups excluding carboxylic acids is 1. The summed E-state index contributed by atoms with van der Waals surface area (Å²) in [7, 11) is 0. The van der Waals surface area contributed by atoms with E-state index in [0.717, 1.165) is 11.5 Å². The second kappa shape index (κ2) is 8.59. The molecule has 0 spiro atoms. The predicted molar refractivity (Wildman–Crippen MR) is 48.6 cm³/mol. The number of halogens is 1. The average Bonchev–Trinajstić information content (AvgIpc) is 2.21. The third kappa shape index (κ3) is 4.89. The fraction of sp³-hybridized carbons (Fsp3) is 0.200. The normalized spacial score (nSPS) is 7.64. The topological polar surface area (TPSA) is 34.1 Å². The van der Waals surface area contributed by atoms with Gasteiger partial charge in [-0.3, -0.25) is 4.70 Å². The molecular formula is C10H12CoFO2-. The summed E-state index contributed by atoms with van der Waals surface area (Å²) < 4.78 is 7.94. The predicted octanol–water partition coefficient (Wildman–Crippen LogP) is 2.51. The Balaban J connectivity index is 0. The summed E-state index contributed by atoms with van der Waals surface area (Å²) in [6.07, 6.45) is 0. The van der Waals surface area contributed by atoms with Crippen molar-refractivity contribution in [1.82, 2.24) is 0 Å². The molecule has 14 heavy (non-hydrogen) atoms. The van der Waals surface area contributed by atoms with Crippen LogP contribution in [-0.4, -0.2) is 5.78 Å². The zero-order valence-electron chi connectivity index (χ0n) is 7.94. The minimum absolute atomic E-state index is 0.